The summed E-state index contributed by atoms with van der Waals surface area (Å²) in [6.07, 6.45) is 4.58. The van der Waals surface area contributed by atoms with Crippen molar-refractivity contribution in [2.45, 2.75) is 31.6 Å². The van der Waals surface area contributed by atoms with E-state index in [1.54, 1.807) is 6.20 Å². The first-order valence-corrected chi connectivity index (χ1v) is 5.47. The van der Waals surface area contributed by atoms with E-state index in [0.29, 0.717) is 35.4 Å². The van der Waals surface area contributed by atoms with Crippen LogP contribution in [-0.2, 0) is 4.79 Å². The highest BCUT2D eigenvalue weighted by molar-refractivity contribution is 6.30. The van der Waals surface area contributed by atoms with E-state index in [4.69, 9.17) is 17.3 Å². The van der Waals surface area contributed by atoms with Crippen LogP contribution in [0.25, 0.3) is 0 Å². The van der Waals surface area contributed by atoms with E-state index < -0.39 is 0 Å². The minimum atomic E-state index is 0.342. The smallest absolute Gasteiger partial charge is 0.132 e. The molecule has 1 fully saturated rings. The molecule has 1 aromatic heterocycles. The lowest BCUT2D eigenvalue weighted by Crippen LogP contribution is -2.14. The van der Waals surface area contributed by atoms with Gasteiger partial charge in [-0.3, -0.25) is 4.79 Å². The largest absolute Gasteiger partial charge is 0.383 e. The highest BCUT2D eigenvalue weighted by Gasteiger charge is 2.22. The first-order chi connectivity index (χ1) is 7.16. The van der Waals surface area contributed by atoms with Crippen LogP contribution in [0.2, 0.25) is 5.02 Å². The summed E-state index contributed by atoms with van der Waals surface area (Å²) in [7, 11) is 0. The molecule has 0 spiro atoms. The third-order valence-electron chi connectivity index (χ3n) is 2.90. The molecule has 2 rings (SSSR count). The molecule has 0 aromatic carbocycles. The molecule has 0 atom stereocenters. The summed E-state index contributed by atoms with van der Waals surface area (Å²) in [4.78, 5) is 15.2. The van der Waals surface area contributed by atoms with Gasteiger partial charge in [-0.1, -0.05) is 11.6 Å². The predicted octanol–water partition coefficient (Wildman–Crippen LogP) is 2.54. The van der Waals surface area contributed by atoms with Crippen LogP contribution in [-0.4, -0.2) is 10.8 Å². The molecule has 1 heterocycles. The minimum absolute atomic E-state index is 0.342. The Hall–Kier alpha value is -1.09. The average molecular weight is 225 g/mol. The number of rotatable bonds is 1. The molecule has 1 saturated carbocycles. The Bertz CT molecular complexity index is 382. The molecule has 1 aliphatic carbocycles. The summed E-state index contributed by atoms with van der Waals surface area (Å²) in [6, 6.07) is 1.87. The van der Waals surface area contributed by atoms with Crippen LogP contribution in [0.1, 0.15) is 37.2 Å². The van der Waals surface area contributed by atoms with Crippen molar-refractivity contribution in [3.8, 4) is 0 Å². The Kier molecular flexibility index (Phi) is 2.91. The van der Waals surface area contributed by atoms with E-state index in [2.05, 4.69) is 4.98 Å². The Balaban J connectivity index is 2.21. The van der Waals surface area contributed by atoms with Crippen LogP contribution in [0.5, 0.6) is 0 Å². The van der Waals surface area contributed by atoms with Crippen molar-refractivity contribution in [1.29, 1.82) is 0 Å². The van der Waals surface area contributed by atoms with Gasteiger partial charge in [0.05, 0.1) is 5.02 Å². The zero-order chi connectivity index (χ0) is 10.8. The van der Waals surface area contributed by atoms with Gasteiger partial charge < -0.3 is 5.73 Å². The lowest BCUT2D eigenvalue weighted by molar-refractivity contribution is -0.120. The number of halogens is 1. The molecule has 2 N–H and O–H groups in total. The van der Waals surface area contributed by atoms with Crippen molar-refractivity contribution in [2.24, 2.45) is 0 Å². The maximum absolute atomic E-state index is 11.1. The van der Waals surface area contributed by atoms with Gasteiger partial charge in [-0.15, -0.1) is 0 Å². The van der Waals surface area contributed by atoms with Crippen LogP contribution >= 0.6 is 11.6 Å². The molecule has 0 bridgehead atoms. The monoisotopic (exact) mass is 224 g/mol. The maximum Gasteiger partial charge on any atom is 0.132 e. The zero-order valence-corrected chi connectivity index (χ0v) is 9.13. The van der Waals surface area contributed by atoms with E-state index in [0.717, 1.165) is 18.4 Å². The van der Waals surface area contributed by atoms with Gasteiger partial charge in [0, 0.05) is 19.0 Å². The summed E-state index contributed by atoms with van der Waals surface area (Å²) in [6.45, 7) is 0. The molecular formula is C11H13ClN2O. The van der Waals surface area contributed by atoms with Crippen molar-refractivity contribution in [1.82, 2.24) is 4.98 Å². The van der Waals surface area contributed by atoms with Gasteiger partial charge in [-0.2, -0.15) is 0 Å². The van der Waals surface area contributed by atoms with Gasteiger partial charge in [-0.05, 0) is 30.4 Å². The summed E-state index contributed by atoms with van der Waals surface area (Å²) in [5, 5.41) is 0.608. The molecule has 80 valence electrons. The topological polar surface area (TPSA) is 56.0 Å². The summed E-state index contributed by atoms with van der Waals surface area (Å²) >= 11 is 5.88. The molecular weight excluding hydrogens is 212 g/mol. The van der Waals surface area contributed by atoms with Crippen molar-refractivity contribution < 1.29 is 4.79 Å². The standard InChI is InChI=1S/C11H13ClN2O/c12-8-5-10(11(13)14-6-8)7-1-3-9(15)4-2-7/h5-7H,1-4H2,(H2,13,14). The molecule has 0 unspecified atom stereocenters. The van der Waals surface area contributed by atoms with Crippen LogP contribution in [0.15, 0.2) is 12.3 Å². The number of anilines is 1. The van der Waals surface area contributed by atoms with Gasteiger partial charge in [0.25, 0.3) is 0 Å². The fourth-order valence-corrected chi connectivity index (χ4v) is 2.21. The first-order valence-electron chi connectivity index (χ1n) is 5.09. The fourth-order valence-electron chi connectivity index (χ4n) is 2.04. The van der Waals surface area contributed by atoms with Gasteiger partial charge in [0.15, 0.2) is 0 Å². The van der Waals surface area contributed by atoms with Crippen molar-refractivity contribution >= 4 is 23.2 Å². The predicted molar refractivity (Wildman–Crippen MR) is 59.9 cm³/mol. The Morgan fingerprint density at radius 2 is 2.07 bits per heavy atom. The molecule has 1 aromatic rings. The Labute approximate surface area is 93.6 Å². The van der Waals surface area contributed by atoms with Gasteiger partial charge in [0.1, 0.15) is 11.6 Å². The number of ketones is 1. The van der Waals surface area contributed by atoms with Crippen LogP contribution < -0.4 is 5.73 Å². The Morgan fingerprint density at radius 1 is 1.40 bits per heavy atom. The molecule has 1 aliphatic rings. The third kappa shape index (κ3) is 2.29. The zero-order valence-electron chi connectivity index (χ0n) is 8.37. The molecule has 0 saturated heterocycles. The quantitative estimate of drug-likeness (QED) is 0.798. The average Bonchev–Trinajstić information content (AvgIpc) is 2.23. The second kappa shape index (κ2) is 4.19. The highest BCUT2D eigenvalue weighted by Crippen LogP contribution is 2.34. The summed E-state index contributed by atoms with van der Waals surface area (Å²) < 4.78 is 0. The molecule has 0 radical (unpaired) electrons. The molecule has 15 heavy (non-hydrogen) atoms. The van der Waals surface area contributed by atoms with Crippen LogP contribution in [0, 0.1) is 0 Å². The SMILES string of the molecule is Nc1ncc(Cl)cc1C1CCC(=O)CC1. The van der Waals surface area contributed by atoms with Crippen molar-refractivity contribution in [3.63, 3.8) is 0 Å². The maximum atomic E-state index is 11.1. The van der Waals surface area contributed by atoms with Crippen LogP contribution in [0.3, 0.4) is 0 Å². The van der Waals surface area contributed by atoms with Gasteiger partial charge in [0.2, 0.25) is 0 Å². The van der Waals surface area contributed by atoms with E-state index in [1.165, 1.54) is 0 Å². The van der Waals surface area contributed by atoms with E-state index >= 15 is 0 Å². The van der Waals surface area contributed by atoms with E-state index in [1.807, 2.05) is 6.07 Å². The Morgan fingerprint density at radius 3 is 2.73 bits per heavy atom. The number of carbonyl (C=O) groups excluding carboxylic acids is 1. The van der Waals surface area contributed by atoms with E-state index in [-0.39, 0.29) is 0 Å². The number of nitrogens with two attached hydrogens (primary N) is 1. The van der Waals surface area contributed by atoms with Crippen molar-refractivity contribution in [3.05, 3.63) is 22.8 Å². The van der Waals surface area contributed by atoms with Gasteiger partial charge >= 0.3 is 0 Å². The normalized spacial score (nSPS) is 18.1. The number of hydrogen-bond donors (Lipinski definition) is 1. The fraction of sp³-hybridized carbons (Fsp3) is 0.455. The number of carbonyl (C=O) groups is 1. The number of Topliss-reactive ketones (excluding diaryl/α,β-unsaturated/α-hetero) is 1. The molecule has 3 nitrogen and oxygen atoms in total. The third-order valence-corrected chi connectivity index (χ3v) is 3.11. The number of pyridine rings is 1. The van der Waals surface area contributed by atoms with Gasteiger partial charge in [-0.25, -0.2) is 4.98 Å². The number of hydrogen-bond acceptors (Lipinski definition) is 3. The second-order valence-electron chi connectivity index (χ2n) is 3.94. The number of nitrogen functional groups attached to an aromatic ring is 1. The number of aromatic nitrogens is 1. The molecule has 4 heteroatoms. The molecule has 0 amide bonds. The molecule has 0 aliphatic heterocycles. The highest BCUT2D eigenvalue weighted by atomic mass is 35.5. The lowest BCUT2D eigenvalue weighted by Gasteiger charge is -2.22. The minimum Gasteiger partial charge on any atom is -0.383 e. The summed E-state index contributed by atoms with van der Waals surface area (Å²) in [5.41, 5.74) is 6.80. The van der Waals surface area contributed by atoms with E-state index in [9.17, 15) is 4.79 Å². The number of nitrogens with zero attached hydrogens (tertiary/aromatic N) is 1. The first kappa shape index (κ1) is 10.4. The second-order valence-corrected chi connectivity index (χ2v) is 4.38. The van der Waals surface area contributed by atoms with Crippen molar-refractivity contribution in [2.75, 3.05) is 5.73 Å². The van der Waals surface area contributed by atoms with Crippen LogP contribution in [0.4, 0.5) is 5.82 Å². The summed E-state index contributed by atoms with van der Waals surface area (Å²) in [5.74, 6) is 1.23. The lowest BCUT2D eigenvalue weighted by atomic mass is 9.84.